The Hall–Kier alpha value is -2.07. The monoisotopic (exact) mass is 431 g/mol. The first-order valence-corrected chi connectivity index (χ1v) is 10.9. The Balaban J connectivity index is 1.76. The van der Waals surface area contributed by atoms with Crippen molar-refractivity contribution in [1.82, 2.24) is 14.9 Å². The number of hydrogen-bond donors (Lipinski definition) is 2. The Morgan fingerprint density at radius 1 is 1.14 bits per heavy atom. The van der Waals surface area contributed by atoms with Crippen LogP contribution < -0.4 is 10.0 Å². The van der Waals surface area contributed by atoms with Crippen LogP contribution in [0.5, 0.6) is 0 Å². The molecule has 2 N–H and O–H groups in total. The van der Waals surface area contributed by atoms with Gasteiger partial charge in [0.05, 0.1) is 4.90 Å². The van der Waals surface area contributed by atoms with Gasteiger partial charge in [-0.3, -0.25) is 9.59 Å². The van der Waals surface area contributed by atoms with E-state index in [-0.39, 0.29) is 30.8 Å². The van der Waals surface area contributed by atoms with E-state index in [1.54, 1.807) is 4.90 Å². The fourth-order valence-corrected chi connectivity index (χ4v) is 4.07. The Kier molecular flexibility index (Phi) is 7.34. The highest BCUT2D eigenvalue weighted by Gasteiger charge is 2.30. The molecular weight excluding hydrogens is 404 g/mol. The molecule has 162 valence electrons. The van der Waals surface area contributed by atoms with Gasteiger partial charge in [0.2, 0.25) is 21.8 Å². The summed E-state index contributed by atoms with van der Waals surface area (Å²) in [6.07, 6.45) is 1.17. The highest BCUT2D eigenvalue weighted by Crippen LogP contribution is 2.21. The van der Waals surface area contributed by atoms with E-state index in [1.165, 1.54) is 0 Å². The molecule has 0 radical (unpaired) electrons. The maximum atomic E-state index is 13.2. The van der Waals surface area contributed by atoms with E-state index in [2.05, 4.69) is 10.0 Å². The van der Waals surface area contributed by atoms with Gasteiger partial charge in [-0.1, -0.05) is 20.8 Å². The van der Waals surface area contributed by atoms with Crippen LogP contribution in [0.4, 0.5) is 8.78 Å². The first-order valence-electron chi connectivity index (χ1n) is 9.43. The number of amides is 2. The van der Waals surface area contributed by atoms with Crippen LogP contribution in [-0.2, 0) is 19.6 Å². The predicted octanol–water partition coefficient (Wildman–Crippen LogP) is 1.79. The fourth-order valence-electron chi connectivity index (χ4n) is 3.03. The third-order valence-corrected chi connectivity index (χ3v) is 6.09. The van der Waals surface area contributed by atoms with Crippen LogP contribution in [-0.4, -0.2) is 50.8 Å². The summed E-state index contributed by atoms with van der Waals surface area (Å²) in [5.74, 6) is -2.65. The number of nitrogens with zero attached hydrogens (tertiary/aromatic N) is 1. The van der Waals surface area contributed by atoms with E-state index in [9.17, 15) is 26.8 Å². The van der Waals surface area contributed by atoms with Gasteiger partial charge in [-0.05, 0) is 31.0 Å². The number of benzene rings is 1. The Bertz CT molecular complexity index is 861. The van der Waals surface area contributed by atoms with Gasteiger partial charge in [-0.15, -0.1) is 0 Å². The molecular formula is C19H27F2N3O4S. The lowest BCUT2D eigenvalue weighted by atomic mass is 9.93. The van der Waals surface area contributed by atoms with Crippen molar-refractivity contribution in [2.45, 2.75) is 51.0 Å². The molecule has 1 heterocycles. The van der Waals surface area contributed by atoms with Crippen molar-refractivity contribution in [2.24, 2.45) is 5.41 Å². The molecule has 1 aliphatic heterocycles. The van der Waals surface area contributed by atoms with Crippen LogP contribution in [0.15, 0.2) is 23.1 Å². The van der Waals surface area contributed by atoms with Crippen LogP contribution in [0, 0.1) is 17.0 Å². The number of rotatable bonds is 6. The first kappa shape index (κ1) is 23.2. The van der Waals surface area contributed by atoms with Crippen molar-refractivity contribution < 1.29 is 26.8 Å². The minimum atomic E-state index is -4.04. The number of halogens is 2. The molecule has 0 saturated carbocycles. The summed E-state index contributed by atoms with van der Waals surface area (Å²) in [7, 11) is -4.04. The minimum absolute atomic E-state index is 0.0747. The minimum Gasteiger partial charge on any atom is -0.353 e. The number of piperidine rings is 1. The highest BCUT2D eigenvalue weighted by molar-refractivity contribution is 7.89. The zero-order valence-corrected chi connectivity index (χ0v) is 17.6. The van der Waals surface area contributed by atoms with Crippen molar-refractivity contribution in [1.29, 1.82) is 0 Å². The van der Waals surface area contributed by atoms with Crippen molar-refractivity contribution in [3.8, 4) is 0 Å². The van der Waals surface area contributed by atoms with Crippen LogP contribution in [0.25, 0.3) is 0 Å². The standard InChI is InChI=1S/C19H27F2N3O4S/c1-19(2,3)18(26)24-10-7-13(8-11-24)23-17(25)6-9-22-29(27,28)14-4-5-15(20)16(21)12-14/h4-5,12-13,22H,6-11H2,1-3H3,(H,23,25). The number of hydrogen-bond acceptors (Lipinski definition) is 4. The van der Waals surface area contributed by atoms with E-state index >= 15 is 0 Å². The third kappa shape index (κ3) is 6.46. The van der Waals surface area contributed by atoms with Crippen molar-refractivity contribution in [2.75, 3.05) is 19.6 Å². The lowest BCUT2D eigenvalue weighted by Gasteiger charge is -2.36. The average Bonchev–Trinajstić information content (AvgIpc) is 2.63. The van der Waals surface area contributed by atoms with Crippen LogP contribution >= 0.6 is 0 Å². The highest BCUT2D eigenvalue weighted by atomic mass is 32.2. The molecule has 1 aliphatic rings. The van der Waals surface area contributed by atoms with E-state index in [1.807, 2.05) is 20.8 Å². The van der Waals surface area contributed by atoms with E-state index in [0.717, 1.165) is 12.1 Å². The lowest BCUT2D eigenvalue weighted by Crippen LogP contribution is -2.49. The van der Waals surface area contributed by atoms with Gasteiger partial charge in [0.15, 0.2) is 11.6 Å². The number of carbonyl (C=O) groups is 2. The van der Waals surface area contributed by atoms with Gasteiger partial charge in [0, 0.05) is 37.5 Å². The summed E-state index contributed by atoms with van der Waals surface area (Å²) in [4.78, 5) is 25.7. The summed E-state index contributed by atoms with van der Waals surface area (Å²) >= 11 is 0. The van der Waals surface area contributed by atoms with Gasteiger partial charge in [0.25, 0.3) is 0 Å². The zero-order valence-electron chi connectivity index (χ0n) is 16.8. The predicted molar refractivity (Wildman–Crippen MR) is 103 cm³/mol. The molecule has 7 nitrogen and oxygen atoms in total. The molecule has 0 aromatic heterocycles. The van der Waals surface area contributed by atoms with Gasteiger partial charge in [-0.2, -0.15) is 0 Å². The topological polar surface area (TPSA) is 95.6 Å². The molecule has 1 aromatic carbocycles. The van der Waals surface area contributed by atoms with Crippen molar-refractivity contribution in [3.63, 3.8) is 0 Å². The van der Waals surface area contributed by atoms with E-state index < -0.39 is 32.0 Å². The van der Waals surface area contributed by atoms with Crippen molar-refractivity contribution >= 4 is 21.8 Å². The maximum Gasteiger partial charge on any atom is 0.240 e. The normalized spacial score (nSPS) is 16.0. The summed E-state index contributed by atoms with van der Waals surface area (Å²) in [5.41, 5.74) is -0.444. The van der Waals surface area contributed by atoms with Gasteiger partial charge in [0.1, 0.15) is 0 Å². The number of carbonyl (C=O) groups excluding carboxylic acids is 2. The van der Waals surface area contributed by atoms with E-state index in [4.69, 9.17) is 0 Å². The second-order valence-electron chi connectivity index (χ2n) is 8.11. The Morgan fingerprint density at radius 3 is 2.31 bits per heavy atom. The largest absolute Gasteiger partial charge is 0.353 e. The summed E-state index contributed by atoms with van der Waals surface area (Å²) < 4.78 is 52.5. The Morgan fingerprint density at radius 2 is 1.76 bits per heavy atom. The van der Waals surface area contributed by atoms with Gasteiger partial charge < -0.3 is 10.2 Å². The van der Waals surface area contributed by atoms with Gasteiger partial charge >= 0.3 is 0 Å². The Labute approximate surface area is 169 Å². The molecule has 1 fully saturated rings. The summed E-state index contributed by atoms with van der Waals surface area (Å²) in [6, 6.07) is 2.19. The molecule has 0 atom stereocenters. The second kappa shape index (κ2) is 9.17. The lowest BCUT2D eigenvalue weighted by molar-refractivity contribution is -0.140. The molecule has 29 heavy (non-hydrogen) atoms. The number of likely N-dealkylation sites (tertiary alicyclic amines) is 1. The number of sulfonamides is 1. The smallest absolute Gasteiger partial charge is 0.240 e. The third-order valence-electron chi connectivity index (χ3n) is 4.63. The molecule has 0 spiro atoms. The van der Waals surface area contributed by atoms with Crippen LogP contribution in [0.3, 0.4) is 0 Å². The first-order chi connectivity index (χ1) is 13.4. The molecule has 2 rings (SSSR count). The molecule has 0 bridgehead atoms. The maximum absolute atomic E-state index is 13.2. The van der Waals surface area contributed by atoms with Crippen LogP contribution in [0.1, 0.15) is 40.0 Å². The summed E-state index contributed by atoms with van der Waals surface area (Å²) in [6.45, 7) is 6.54. The zero-order chi connectivity index (χ0) is 21.8. The van der Waals surface area contributed by atoms with Gasteiger partial charge in [-0.25, -0.2) is 21.9 Å². The molecule has 1 saturated heterocycles. The molecule has 2 amide bonds. The molecule has 0 unspecified atom stereocenters. The van der Waals surface area contributed by atoms with Crippen molar-refractivity contribution in [3.05, 3.63) is 29.8 Å². The van der Waals surface area contributed by atoms with E-state index in [0.29, 0.717) is 32.0 Å². The average molecular weight is 432 g/mol. The number of nitrogens with one attached hydrogen (secondary N) is 2. The van der Waals surface area contributed by atoms with Crippen LogP contribution in [0.2, 0.25) is 0 Å². The molecule has 0 aliphatic carbocycles. The fraction of sp³-hybridized carbons (Fsp3) is 0.579. The molecule has 1 aromatic rings. The quantitative estimate of drug-likeness (QED) is 0.718. The second-order valence-corrected chi connectivity index (χ2v) is 9.87. The SMILES string of the molecule is CC(C)(C)C(=O)N1CCC(NC(=O)CCNS(=O)(=O)c2ccc(F)c(F)c2)CC1. The summed E-state index contributed by atoms with van der Waals surface area (Å²) in [5, 5.41) is 2.84. The molecule has 10 heteroatoms.